The van der Waals surface area contributed by atoms with Gasteiger partial charge in [0.05, 0.1) is 13.2 Å². The van der Waals surface area contributed by atoms with Gasteiger partial charge in [-0.3, -0.25) is 0 Å². The van der Waals surface area contributed by atoms with Gasteiger partial charge in [-0.1, -0.05) is 38.7 Å². The average Bonchev–Trinajstić information content (AvgIpc) is 2.49. The highest BCUT2D eigenvalue weighted by Gasteiger charge is 2.12. The number of esters is 1. The molecule has 0 saturated heterocycles. The van der Waals surface area contributed by atoms with Crippen molar-refractivity contribution in [3.63, 3.8) is 0 Å². The van der Waals surface area contributed by atoms with Crippen LogP contribution in [0.1, 0.15) is 59.3 Å². The van der Waals surface area contributed by atoms with Gasteiger partial charge >= 0.3 is 5.97 Å². The average molecular weight is 300 g/mol. The van der Waals surface area contributed by atoms with E-state index in [-0.39, 0.29) is 12.1 Å². The minimum Gasteiger partial charge on any atom is -0.454 e. The summed E-state index contributed by atoms with van der Waals surface area (Å²) in [7, 11) is 0. The molecule has 0 heterocycles. The molecule has 0 fully saturated rings. The third-order valence-electron chi connectivity index (χ3n) is 3.03. The smallest absolute Gasteiger partial charge is 0.330 e. The molecule has 0 aliphatic heterocycles. The lowest BCUT2D eigenvalue weighted by atomic mass is 10.1. The second-order valence-corrected chi connectivity index (χ2v) is 4.98. The van der Waals surface area contributed by atoms with E-state index in [2.05, 4.69) is 6.92 Å². The summed E-state index contributed by atoms with van der Waals surface area (Å²) in [5, 5.41) is 0. The van der Waals surface area contributed by atoms with Crippen LogP contribution in [0.4, 0.5) is 0 Å². The summed E-state index contributed by atoms with van der Waals surface area (Å²) in [6.45, 7) is 8.01. The van der Waals surface area contributed by atoms with Crippen LogP contribution in [0, 0.1) is 0 Å². The Balaban J connectivity index is 3.83. The van der Waals surface area contributed by atoms with E-state index < -0.39 is 0 Å². The summed E-state index contributed by atoms with van der Waals surface area (Å²) in [5.41, 5.74) is 0. The molecule has 0 N–H and O–H groups in total. The van der Waals surface area contributed by atoms with Gasteiger partial charge in [0.15, 0.2) is 0 Å². The van der Waals surface area contributed by atoms with Crippen molar-refractivity contribution in [2.24, 2.45) is 0 Å². The Hall–Kier alpha value is -0.870. The molecule has 0 spiro atoms. The van der Waals surface area contributed by atoms with Gasteiger partial charge < -0.3 is 14.2 Å². The second-order valence-electron chi connectivity index (χ2n) is 4.98. The van der Waals surface area contributed by atoms with Crippen molar-refractivity contribution in [2.75, 3.05) is 26.4 Å². The Morgan fingerprint density at radius 1 is 0.952 bits per heavy atom. The second kappa shape index (κ2) is 15.5. The van der Waals surface area contributed by atoms with Crippen LogP contribution in [-0.2, 0) is 19.0 Å². The molecule has 21 heavy (non-hydrogen) atoms. The number of hydrogen-bond acceptors (Lipinski definition) is 4. The number of rotatable bonds is 14. The number of hydrogen-bond donors (Lipinski definition) is 0. The minimum absolute atomic E-state index is 0.312. The van der Waals surface area contributed by atoms with Gasteiger partial charge in [0.2, 0.25) is 0 Å². The maximum Gasteiger partial charge on any atom is 0.330 e. The Morgan fingerprint density at radius 2 is 1.57 bits per heavy atom. The molecular formula is C17H32O4. The van der Waals surface area contributed by atoms with Crippen LogP contribution in [0.3, 0.4) is 0 Å². The normalized spacial score (nSPS) is 11.4. The van der Waals surface area contributed by atoms with E-state index in [0.29, 0.717) is 26.4 Å². The van der Waals surface area contributed by atoms with Crippen molar-refractivity contribution in [3.8, 4) is 0 Å². The molecule has 0 aliphatic rings. The number of unbranched alkanes of at least 4 members (excludes halogenated alkanes) is 5. The zero-order chi connectivity index (χ0) is 15.8. The number of allylic oxidation sites excluding steroid dienone is 1. The predicted molar refractivity (Wildman–Crippen MR) is 85.4 cm³/mol. The van der Waals surface area contributed by atoms with Gasteiger partial charge in [-0.05, 0) is 26.7 Å². The molecular weight excluding hydrogens is 268 g/mol. The summed E-state index contributed by atoms with van der Waals surface area (Å²) in [6.07, 6.45) is 10.2. The van der Waals surface area contributed by atoms with Crippen molar-refractivity contribution in [1.29, 1.82) is 0 Å². The minimum atomic E-state index is -0.327. The van der Waals surface area contributed by atoms with Crippen LogP contribution in [0.25, 0.3) is 0 Å². The van der Waals surface area contributed by atoms with E-state index >= 15 is 0 Å². The van der Waals surface area contributed by atoms with Gasteiger partial charge in [-0.25, -0.2) is 4.79 Å². The molecule has 0 saturated carbocycles. The molecule has 4 nitrogen and oxygen atoms in total. The predicted octanol–water partition coefficient (Wildman–Crippen LogP) is 3.89. The van der Waals surface area contributed by atoms with E-state index in [0.717, 1.165) is 12.8 Å². The van der Waals surface area contributed by atoms with Crippen molar-refractivity contribution >= 4 is 5.97 Å². The molecule has 0 radical (unpaired) electrons. The first kappa shape index (κ1) is 20.1. The monoisotopic (exact) mass is 300 g/mol. The topological polar surface area (TPSA) is 44.8 Å². The maximum atomic E-state index is 11.7. The van der Waals surface area contributed by atoms with E-state index in [1.54, 1.807) is 0 Å². The zero-order valence-corrected chi connectivity index (χ0v) is 13.9. The van der Waals surface area contributed by atoms with Crippen LogP contribution < -0.4 is 0 Å². The van der Waals surface area contributed by atoms with Crippen LogP contribution in [-0.4, -0.2) is 38.5 Å². The van der Waals surface area contributed by atoms with E-state index in [4.69, 9.17) is 14.2 Å². The van der Waals surface area contributed by atoms with Crippen LogP contribution in [0.15, 0.2) is 12.2 Å². The standard InChI is InChI=1S/C17H32O4/c1-4-7-8-9-10-11-12-13-17(18)21-16(14-19-5-2)15-20-6-3/h12-13,16H,4-11,14-15H2,1-3H3/b13-12+. The first-order valence-electron chi connectivity index (χ1n) is 8.27. The van der Waals surface area contributed by atoms with Gasteiger partial charge in [0, 0.05) is 19.3 Å². The summed E-state index contributed by atoms with van der Waals surface area (Å²) in [4.78, 5) is 11.7. The molecule has 0 rings (SSSR count). The highest BCUT2D eigenvalue weighted by Crippen LogP contribution is 2.05. The highest BCUT2D eigenvalue weighted by molar-refractivity contribution is 5.82. The fourth-order valence-electron chi connectivity index (χ4n) is 1.86. The van der Waals surface area contributed by atoms with Gasteiger partial charge in [-0.15, -0.1) is 0 Å². The SMILES string of the molecule is CCCCCCC/C=C/C(=O)OC(COCC)COCC. The Kier molecular flexibility index (Phi) is 14.9. The summed E-state index contributed by atoms with van der Waals surface area (Å²) < 4.78 is 15.9. The number of carbonyl (C=O) groups is 1. The first-order valence-corrected chi connectivity index (χ1v) is 8.27. The molecule has 0 amide bonds. The third-order valence-corrected chi connectivity index (χ3v) is 3.03. The fraction of sp³-hybridized carbons (Fsp3) is 0.824. The highest BCUT2D eigenvalue weighted by atomic mass is 16.6. The van der Waals surface area contributed by atoms with E-state index in [9.17, 15) is 4.79 Å². The molecule has 124 valence electrons. The van der Waals surface area contributed by atoms with Gasteiger partial charge in [0.1, 0.15) is 6.10 Å². The largest absolute Gasteiger partial charge is 0.454 e. The summed E-state index contributed by atoms with van der Waals surface area (Å²) >= 11 is 0. The molecule has 0 bridgehead atoms. The first-order chi connectivity index (χ1) is 10.2. The molecule has 0 aromatic rings. The zero-order valence-electron chi connectivity index (χ0n) is 13.9. The molecule has 0 aromatic carbocycles. The Morgan fingerprint density at radius 3 is 2.14 bits per heavy atom. The fourth-order valence-corrected chi connectivity index (χ4v) is 1.86. The van der Waals surface area contributed by atoms with Crippen molar-refractivity contribution in [3.05, 3.63) is 12.2 Å². The van der Waals surface area contributed by atoms with Crippen molar-refractivity contribution in [1.82, 2.24) is 0 Å². The van der Waals surface area contributed by atoms with Crippen molar-refractivity contribution < 1.29 is 19.0 Å². The Bertz CT molecular complexity index is 256. The van der Waals surface area contributed by atoms with E-state index in [1.807, 2.05) is 19.9 Å². The summed E-state index contributed by atoms with van der Waals surface area (Å²) in [6, 6.07) is 0. The molecule has 4 heteroatoms. The number of carbonyl (C=O) groups excluding carboxylic acids is 1. The molecule has 0 atom stereocenters. The summed E-state index contributed by atoms with van der Waals surface area (Å²) in [5.74, 6) is -0.312. The lowest BCUT2D eigenvalue weighted by molar-refractivity contribution is -0.149. The van der Waals surface area contributed by atoms with Gasteiger partial charge in [0.25, 0.3) is 0 Å². The molecule has 0 unspecified atom stereocenters. The quantitative estimate of drug-likeness (QED) is 0.277. The molecule has 0 aromatic heterocycles. The lowest BCUT2D eigenvalue weighted by Gasteiger charge is -2.16. The lowest BCUT2D eigenvalue weighted by Crippen LogP contribution is -2.28. The maximum absolute atomic E-state index is 11.7. The number of ether oxygens (including phenoxy) is 3. The van der Waals surface area contributed by atoms with Crippen LogP contribution in [0.2, 0.25) is 0 Å². The van der Waals surface area contributed by atoms with E-state index in [1.165, 1.54) is 31.8 Å². The van der Waals surface area contributed by atoms with Gasteiger partial charge in [-0.2, -0.15) is 0 Å². The van der Waals surface area contributed by atoms with Crippen LogP contribution >= 0.6 is 0 Å². The molecule has 0 aliphatic carbocycles. The third kappa shape index (κ3) is 13.9. The van der Waals surface area contributed by atoms with Crippen LogP contribution in [0.5, 0.6) is 0 Å². The van der Waals surface area contributed by atoms with Crippen molar-refractivity contribution in [2.45, 2.75) is 65.4 Å². The Labute approximate surface area is 129 Å².